The van der Waals surface area contributed by atoms with E-state index in [1.165, 1.54) is 6.08 Å². The number of ether oxygens (including phenoxy) is 1. The number of hydrazine groups is 1. The van der Waals surface area contributed by atoms with Crippen LogP contribution in [-0.4, -0.2) is 24.0 Å². The summed E-state index contributed by atoms with van der Waals surface area (Å²) in [6, 6.07) is 26.2. The number of para-hydroxylation sites is 1. The van der Waals surface area contributed by atoms with E-state index in [2.05, 4.69) is 16.2 Å². The van der Waals surface area contributed by atoms with Crippen molar-refractivity contribution in [1.29, 1.82) is 0 Å². The van der Waals surface area contributed by atoms with Gasteiger partial charge in [0.25, 0.3) is 0 Å². The number of nitrogens with one attached hydrogen (secondary N) is 3. The first-order chi connectivity index (χ1) is 15.6. The average Bonchev–Trinajstić information content (AvgIpc) is 2.83. The van der Waals surface area contributed by atoms with E-state index >= 15 is 0 Å². The van der Waals surface area contributed by atoms with Crippen LogP contribution in [0.25, 0.3) is 6.08 Å². The molecule has 0 heterocycles. The summed E-state index contributed by atoms with van der Waals surface area (Å²) in [4.78, 5) is 25.1. The third kappa shape index (κ3) is 6.26. The Morgan fingerprint density at radius 2 is 1.41 bits per heavy atom. The Kier molecular flexibility index (Phi) is 8.11. The summed E-state index contributed by atoms with van der Waals surface area (Å²) in [7, 11) is 1.56. The predicted molar refractivity (Wildman–Crippen MR) is 129 cm³/mol. The van der Waals surface area contributed by atoms with Crippen LogP contribution >= 0.6 is 12.2 Å². The maximum atomic E-state index is 12.9. The van der Waals surface area contributed by atoms with E-state index in [1.807, 2.05) is 78.9 Å². The lowest BCUT2D eigenvalue weighted by molar-refractivity contribution is -0.122. The zero-order valence-corrected chi connectivity index (χ0v) is 18.3. The molecule has 7 heteroatoms. The quantitative estimate of drug-likeness (QED) is 0.307. The molecule has 32 heavy (non-hydrogen) atoms. The number of carbonyl (C=O) groups is 2. The van der Waals surface area contributed by atoms with Gasteiger partial charge in [-0.15, -0.1) is 0 Å². The minimum absolute atomic E-state index is 0.0205. The molecule has 0 spiro atoms. The maximum absolute atomic E-state index is 12.9. The van der Waals surface area contributed by atoms with Crippen LogP contribution in [0.4, 0.5) is 0 Å². The third-order valence-electron chi connectivity index (χ3n) is 4.62. The molecule has 0 aliphatic carbocycles. The topological polar surface area (TPSA) is 79.5 Å². The summed E-state index contributed by atoms with van der Waals surface area (Å²) in [5, 5.41) is 2.48. The number of methoxy groups -OCH3 is 1. The van der Waals surface area contributed by atoms with E-state index in [0.717, 1.165) is 16.7 Å². The van der Waals surface area contributed by atoms with Crippen molar-refractivity contribution in [3.05, 3.63) is 108 Å². The first-order valence-corrected chi connectivity index (χ1v) is 10.3. The fourth-order valence-corrected chi connectivity index (χ4v) is 3.28. The molecule has 0 atom stereocenters. The number of amides is 2. The SMILES string of the molecule is COc1ccccc1/C=C/C(=O)NC(=S)NNC(=O)C(c1ccccc1)c1ccccc1. The summed E-state index contributed by atoms with van der Waals surface area (Å²) in [6.45, 7) is 0. The highest BCUT2D eigenvalue weighted by atomic mass is 32.1. The molecule has 6 nitrogen and oxygen atoms in total. The highest BCUT2D eigenvalue weighted by Gasteiger charge is 2.22. The highest BCUT2D eigenvalue weighted by Crippen LogP contribution is 2.24. The van der Waals surface area contributed by atoms with Gasteiger partial charge < -0.3 is 4.74 Å². The fourth-order valence-electron chi connectivity index (χ4n) is 3.13. The summed E-state index contributed by atoms with van der Waals surface area (Å²) in [6.07, 6.45) is 2.96. The molecule has 0 aromatic heterocycles. The molecule has 0 fully saturated rings. The Balaban J connectivity index is 1.60. The van der Waals surface area contributed by atoms with Crippen LogP contribution < -0.4 is 20.9 Å². The normalized spacial score (nSPS) is 10.6. The van der Waals surface area contributed by atoms with Gasteiger partial charge in [0.05, 0.1) is 13.0 Å². The monoisotopic (exact) mass is 445 g/mol. The Hall–Kier alpha value is -3.97. The van der Waals surface area contributed by atoms with Crippen LogP contribution in [0, 0.1) is 0 Å². The van der Waals surface area contributed by atoms with Crippen molar-refractivity contribution in [2.75, 3.05) is 7.11 Å². The van der Waals surface area contributed by atoms with Gasteiger partial charge in [0, 0.05) is 11.6 Å². The molecule has 0 aliphatic heterocycles. The second kappa shape index (κ2) is 11.4. The van der Waals surface area contributed by atoms with Gasteiger partial charge in [-0.2, -0.15) is 0 Å². The van der Waals surface area contributed by atoms with Gasteiger partial charge in [-0.3, -0.25) is 25.8 Å². The van der Waals surface area contributed by atoms with Crippen molar-refractivity contribution in [2.24, 2.45) is 0 Å². The van der Waals surface area contributed by atoms with Gasteiger partial charge in [0.2, 0.25) is 11.8 Å². The lowest BCUT2D eigenvalue weighted by Crippen LogP contribution is -2.49. The van der Waals surface area contributed by atoms with Crippen molar-refractivity contribution >= 4 is 35.2 Å². The van der Waals surface area contributed by atoms with Crippen LogP contribution in [0.2, 0.25) is 0 Å². The van der Waals surface area contributed by atoms with Crippen molar-refractivity contribution in [3.8, 4) is 5.75 Å². The Bertz CT molecular complexity index is 1060. The Labute approximate surface area is 192 Å². The van der Waals surface area contributed by atoms with E-state index in [0.29, 0.717) is 5.75 Å². The van der Waals surface area contributed by atoms with E-state index in [4.69, 9.17) is 17.0 Å². The van der Waals surface area contributed by atoms with Crippen molar-refractivity contribution in [2.45, 2.75) is 5.92 Å². The molecule has 0 radical (unpaired) electrons. The first kappa shape index (κ1) is 22.7. The van der Waals surface area contributed by atoms with Gasteiger partial charge >= 0.3 is 0 Å². The summed E-state index contributed by atoms with van der Waals surface area (Å²) < 4.78 is 5.25. The zero-order chi connectivity index (χ0) is 22.8. The van der Waals surface area contributed by atoms with Gasteiger partial charge in [-0.25, -0.2) is 0 Å². The maximum Gasteiger partial charge on any atom is 0.250 e. The molecular formula is C25H23N3O3S. The van der Waals surface area contributed by atoms with Crippen LogP contribution in [0.15, 0.2) is 91.0 Å². The number of rotatable bonds is 6. The number of hydrogen-bond acceptors (Lipinski definition) is 4. The first-order valence-electron chi connectivity index (χ1n) is 9.90. The van der Waals surface area contributed by atoms with Gasteiger partial charge in [0.15, 0.2) is 5.11 Å². The van der Waals surface area contributed by atoms with Crippen molar-refractivity contribution in [1.82, 2.24) is 16.2 Å². The van der Waals surface area contributed by atoms with E-state index in [1.54, 1.807) is 19.3 Å². The van der Waals surface area contributed by atoms with Crippen molar-refractivity contribution in [3.63, 3.8) is 0 Å². The lowest BCUT2D eigenvalue weighted by Gasteiger charge is -2.18. The number of hydrogen-bond donors (Lipinski definition) is 3. The van der Waals surface area contributed by atoms with Crippen LogP contribution in [0.1, 0.15) is 22.6 Å². The fraction of sp³-hybridized carbons (Fsp3) is 0.0800. The zero-order valence-electron chi connectivity index (χ0n) is 17.4. The molecule has 0 aliphatic rings. The second-order valence-corrected chi connectivity index (χ2v) is 7.17. The summed E-state index contributed by atoms with van der Waals surface area (Å²) in [5.74, 6) is -0.625. The molecule has 3 aromatic rings. The number of benzene rings is 3. The second-order valence-electron chi connectivity index (χ2n) is 6.76. The van der Waals surface area contributed by atoms with Gasteiger partial charge in [0.1, 0.15) is 5.75 Å². The van der Waals surface area contributed by atoms with Crippen LogP contribution in [0.5, 0.6) is 5.75 Å². The summed E-state index contributed by atoms with van der Waals surface area (Å²) in [5.41, 5.74) is 7.62. The predicted octanol–water partition coefficient (Wildman–Crippen LogP) is 3.56. The van der Waals surface area contributed by atoms with Crippen molar-refractivity contribution < 1.29 is 14.3 Å². The van der Waals surface area contributed by atoms with Gasteiger partial charge in [-0.1, -0.05) is 78.9 Å². The minimum atomic E-state index is -0.533. The Morgan fingerprint density at radius 1 is 0.844 bits per heavy atom. The van der Waals surface area contributed by atoms with E-state index in [-0.39, 0.29) is 11.0 Å². The van der Waals surface area contributed by atoms with Crippen LogP contribution in [0.3, 0.4) is 0 Å². The van der Waals surface area contributed by atoms with Gasteiger partial charge in [-0.05, 0) is 35.5 Å². The molecule has 3 aromatic carbocycles. The highest BCUT2D eigenvalue weighted by molar-refractivity contribution is 7.80. The molecule has 0 bridgehead atoms. The molecule has 162 valence electrons. The third-order valence-corrected chi connectivity index (χ3v) is 4.82. The van der Waals surface area contributed by atoms with E-state index < -0.39 is 11.8 Å². The molecule has 2 amide bonds. The average molecular weight is 446 g/mol. The smallest absolute Gasteiger partial charge is 0.250 e. The number of carbonyl (C=O) groups excluding carboxylic acids is 2. The Morgan fingerprint density at radius 3 is 2.00 bits per heavy atom. The summed E-state index contributed by atoms with van der Waals surface area (Å²) >= 11 is 5.13. The molecule has 0 saturated carbocycles. The molecule has 3 N–H and O–H groups in total. The van der Waals surface area contributed by atoms with E-state index in [9.17, 15) is 9.59 Å². The largest absolute Gasteiger partial charge is 0.496 e. The lowest BCUT2D eigenvalue weighted by atomic mass is 9.91. The molecule has 3 rings (SSSR count). The molecule has 0 unspecified atom stereocenters. The minimum Gasteiger partial charge on any atom is -0.496 e. The molecular weight excluding hydrogens is 422 g/mol. The number of thiocarbonyl (C=S) groups is 1. The molecule has 0 saturated heterocycles. The van der Waals surface area contributed by atoms with Crippen LogP contribution in [-0.2, 0) is 9.59 Å². The standard InChI is InChI=1S/C25H23N3O3S/c1-31-21-15-9-8-10-18(21)16-17-22(29)26-25(32)28-27-24(30)23(19-11-4-2-5-12-19)20-13-6-3-7-14-20/h2-17,23H,1H3,(H,27,30)(H2,26,28,29,32)/b17-16+.